The Morgan fingerprint density at radius 2 is 1.83 bits per heavy atom. The highest BCUT2D eigenvalue weighted by Gasteiger charge is 2.06. The molecule has 0 unspecified atom stereocenters. The van der Waals surface area contributed by atoms with Gasteiger partial charge in [0.1, 0.15) is 0 Å². The number of nitrogens with two attached hydrogens (primary N) is 1. The lowest BCUT2D eigenvalue weighted by atomic mass is 10.1. The van der Waals surface area contributed by atoms with Crippen molar-refractivity contribution in [2.24, 2.45) is 5.73 Å². The summed E-state index contributed by atoms with van der Waals surface area (Å²) in [7, 11) is 0. The zero-order valence-corrected chi connectivity index (χ0v) is 13.0. The van der Waals surface area contributed by atoms with Gasteiger partial charge in [-0.05, 0) is 48.9 Å². The summed E-state index contributed by atoms with van der Waals surface area (Å²) >= 11 is 11.3. The molecule has 0 aliphatic carbocycles. The molecule has 0 fully saturated rings. The van der Waals surface area contributed by atoms with Gasteiger partial charge in [0.05, 0.1) is 5.02 Å². The molecule has 4 heteroatoms. The van der Waals surface area contributed by atoms with E-state index in [1.165, 1.54) is 0 Å². The topological polar surface area (TPSA) is 26.0 Å². The minimum absolute atomic E-state index is 0.00855. The van der Waals surface area contributed by atoms with E-state index in [4.69, 9.17) is 17.3 Å². The van der Waals surface area contributed by atoms with Crippen LogP contribution in [0.4, 0.5) is 0 Å². The van der Waals surface area contributed by atoms with E-state index in [2.05, 4.69) is 28.1 Å². The summed E-state index contributed by atoms with van der Waals surface area (Å²) in [6.45, 7) is 1.95. The lowest BCUT2D eigenvalue weighted by Gasteiger charge is -2.09. The van der Waals surface area contributed by atoms with Gasteiger partial charge in [-0.15, -0.1) is 0 Å². The second-order valence-electron chi connectivity index (χ2n) is 4.03. The molecule has 94 valence electrons. The van der Waals surface area contributed by atoms with E-state index >= 15 is 0 Å². The first-order valence-electron chi connectivity index (χ1n) is 5.54. The average Bonchev–Trinajstić information content (AvgIpc) is 2.34. The minimum Gasteiger partial charge on any atom is -0.324 e. The highest BCUT2D eigenvalue weighted by atomic mass is 79.9. The molecule has 0 saturated heterocycles. The zero-order valence-electron chi connectivity index (χ0n) is 9.86. The minimum atomic E-state index is 0.00855. The quantitative estimate of drug-likeness (QED) is 0.822. The summed E-state index contributed by atoms with van der Waals surface area (Å²) in [6, 6.07) is 14.2. The molecule has 0 aliphatic rings. The summed E-state index contributed by atoms with van der Waals surface area (Å²) < 4.78 is 1.07. The van der Waals surface area contributed by atoms with Crippen LogP contribution in [-0.4, -0.2) is 0 Å². The predicted octanol–water partition coefficient (Wildman–Crippen LogP) is 5.27. The van der Waals surface area contributed by atoms with Gasteiger partial charge < -0.3 is 5.73 Å². The molecule has 0 radical (unpaired) electrons. The number of halogens is 2. The van der Waals surface area contributed by atoms with Crippen molar-refractivity contribution in [3.8, 4) is 0 Å². The Labute approximate surface area is 125 Å². The van der Waals surface area contributed by atoms with Gasteiger partial charge in [-0.1, -0.05) is 45.4 Å². The third kappa shape index (κ3) is 3.51. The van der Waals surface area contributed by atoms with Crippen LogP contribution >= 0.6 is 39.3 Å². The van der Waals surface area contributed by atoms with E-state index < -0.39 is 0 Å². The smallest absolute Gasteiger partial charge is 0.0548 e. The largest absolute Gasteiger partial charge is 0.324 e. The number of rotatable bonds is 3. The Balaban J connectivity index is 2.22. The molecule has 0 spiro atoms. The Bertz CT molecular complexity index is 540. The van der Waals surface area contributed by atoms with Crippen molar-refractivity contribution in [2.45, 2.75) is 22.8 Å². The molecule has 1 nitrogen and oxygen atoms in total. The maximum atomic E-state index is 6.27. The molecular weight excluding hydrogens is 330 g/mol. The summed E-state index contributed by atoms with van der Waals surface area (Å²) in [5.74, 6) is 0. The molecule has 0 aromatic heterocycles. The van der Waals surface area contributed by atoms with E-state index in [9.17, 15) is 0 Å². The van der Waals surface area contributed by atoms with Gasteiger partial charge in [0, 0.05) is 20.3 Å². The second kappa shape index (κ2) is 6.11. The molecule has 0 bridgehead atoms. The normalized spacial score (nSPS) is 12.4. The van der Waals surface area contributed by atoms with Gasteiger partial charge in [0.2, 0.25) is 0 Å². The number of hydrogen-bond donors (Lipinski definition) is 1. The van der Waals surface area contributed by atoms with Crippen molar-refractivity contribution in [1.29, 1.82) is 0 Å². The van der Waals surface area contributed by atoms with Crippen LogP contribution < -0.4 is 5.73 Å². The van der Waals surface area contributed by atoms with Gasteiger partial charge in [0.25, 0.3) is 0 Å². The molecule has 0 aliphatic heterocycles. The summed E-state index contributed by atoms with van der Waals surface area (Å²) in [5, 5.41) is 0.748. The first kappa shape index (κ1) is 13.9. The predicted molar refractivity (Wildman–Crippen MR) is 82.3 cm³/mol. The average molecular weight is 343 g/mol. The van der Waals surface area contributed by atoms with Gasteiger partial charge in [-0.25, -0.2) is 0 Å². The Morgan fingerprint density at radius 3 is 2.39 bits per heavy atom. The highest BCUT2D eigenvalue weighted by molar-refractivity contribution is 9.10. The molecule has 2 N–H and O–H groups in total. The first-order chi connectivity index (χ1) is 8.56. The number of benzene rings is 2. The molecule has 0 saturated carbocycles. The van der Waals surface area contributed by atoms with Crippen LogP contribution in [0.3, 0.4) is 0 Å². The highest BCUT2D eigenvalue weighted by Crippen LogP contribution is 2.34. The molecule has 2 aromatic carbocycles. The van der Waals surface area contributed by atoms with Gasteiger partial charge in [0.15, 0.2) is 0 Å². The van der Waals surface area contributed by atoms with Crippen molar-refractivity contribution in [2.75, 3.05) is 0 Å². The van der Waals surface area contributed by atoms with Crippen molar-refractivity contribution in [3.63, 3.8) is 0 Å². The fourth-order valence-corrected chi connectivity index (χ4v) is 2.90. The van der Waals surface area contributed by atoms with Crippen LogP contribution in [-0.2, 0) is 0 Å². The van der Waals surface area contributed by atoms with Crippen LogP contribution in [0.1, 0.15) is 18.5 Å². The van der Waals surface area contributed by atoms with Gasteiger partial charge in [-0.3, -0.25) is 0 Å². The maximum absolute atomic E-state index is 6.27. The van der Waals surface area contributed by atoms with Gasteiger partial charge in [-0.2, -0.15) is 0 Å². The maximum Gasteiger partial charge on any atom is 0.0548 e. The van der Waals surface area contributed by atoms with Gasteiger partial charge >= 0.3 is 0 Å². The Morgan fingerprint density at radius 1 is 1.17 bits per heavy atom. The third-order valence-electron chi connectivity index (χ3n) is 2.52. The van der Waals surface area contributed by atoms with Crippen molar-refractivity contribution >= 4 is 39.3 Å². The van der Waals surface area contributed by atoms with E-state index in [1.807, 2.05) is 37.3 Å². The molecule has 0 amide bonds. The van der Waals surface area contributed by atoms with E-state index in [0.29, 0.717) is 0 Å². The summed E-state index contributed by atoms with van der Waals surface area (Å²) in [6.07, 6.45) is 0. The fourth-order valence-electron chi connectivity index (χ4n) is 1.51. The summed E-state index contributed by atoms with van der Waals surface area (Å²) in [5.41, 5.74) is 6.89. The third-order valence-corrected chi connectivity index (χ3v) is 4.56. The van der Waals surface area contributed by atoms with Crippen molar-refractivity contribution in [3.05, 3.63) is 57.5 Å². The molecule has 1 atom stereocenters. The molecule has 2 rings (SSSR count). The lowest BCUT2D eigenvalue weighted by Crippen LogP contribution is -2.04. The van der Waals surface area contributed by atoms with Crippen LogP contribution in [0.15, 0.2) is 56.7 Å². The summed E-state index contributed by atoms with van der Waals surface area (Å²) in [4.78, 5) is 2.21. The van der Waals surface area contributed by atoms with Crippen molar-refractivity contribution in [1.82, 2.24) is 0 Å². The standard InChI is InChI=1S/C14H13BrClNS/c1-9(17)10-2-7-14(13(16)8-10)18-12-5-3-11(15)4-6-12/h2-9H,17H2,1H3/t9-/m1/s1. The Kier molecular flexibility index (Phi) is 4.73. The van der Waals surface area contributed by atoms with E-state index in [0.717, 1.165) is 24.8 Å². The number of hydrogen-bond acceptors (Lipinski definition) is 2. The monoisotopic (exact) mass is 341 g/mol. The van der Waals surface area contributed by atoms with Crippen molar-refractivity contribution < 1.29 is 0 Å². The zero-order chi connectivity index (χ0) is 13.1. The fraction of sp³-hybridized carbons (Fsp3) is 0.143. The van der Waals surface area contributed by atoms with Crippen LogP contribution in [0.25, 0.3) is 0 Å². The molecule has 18 heavy (non-hydrogen) atoms. The van der Waals surface area contributed by atoms with E-state index in [1.54, 1.807) is 11.8 Å². The second-order valence-corrected chi connectivity index (χ2v) is 6.47. The first-order valence-corrected chi connectivity index (χ1v) is 7.53. The molecule has 2 aromatic rings. The van der Waals surface area contributed by atoms with Crippen LogP contribution in [0, 0.1) is 0 Å². The Hall–Kier alpha value is -0.480. The van der Waals surface area contributed by atoms with Crippen LogP contribution in [0.5, 0.6) is 0 Å². The van der Waals surface area contributed by atoms with E-state index in [-0.39, 0.29) is 6.04 Å². The van der Waals surface area contributed by atoms with Crippen LogP contribution in [0.2, 0.25) is 5.02 Å². The SMILES string of the molecule is C[C@@H](N)c1ccc(Sc2ccc(Br)cc2)c(Cl)c1. The molecule has 0 heterocycles. The lowest BCUT2D eigenvalue weighted by molar-refractivity contribution is 0.817. The molecular formula is C14H13BrClNS.